The first-order valence-electron chi connectivity index (χ1n) is 9.91. The number of nitrogens with one attached hydrogen (secondary N) is 2. The monoisotopic (exact) mass is 360 g/mol. The Labute approximate surface area is 159 Å². The smallest absolute Gasteiger partial charge is 0.191 e. The standard InChI is InChI=1S/C21H36N4O/c1-5-22-20(23-11-6-12-25-13-15-26-16-14-25)24-17-21(3,4)19-9-7-18(2)8-10-19/h7-10H,5-6,11-17H2,1-4H3,(H2,22,23,24). The number of ether oxygens (including phenoxy) is 1. The molecule has 0 saturated carbocycles. The molecule has 0 radical (unpaired) electrons. The molecule has 1 saturated heterocycles. The van der Waals surface area contributed by atoms with Crippen molar-refractivity contribution in [2.45, 2.75) is 39.5 Å². The maximum absolute atomic E-state index is 5.40. The Kier molecular flexibility index (Phi) is 8.39. The van der Waals surface area contributed by atoms with Gasteiger partial charge in [0.2, 0.25) is 0 Å². The lowest BCUT2D eigenvalue weighted by atomic mass is 9.84. The summed E-state index contributed by atoms with van der Waals surface area (Å²) in [6.45, 7) is 16.3. The number of aliphatic imine (C=N–C) groups is 1. The molecule has 1 aromatic rings. The lowest BCUT2D eigenvalue weighted by Crippen LogP contribution is -2.41. The number of guanidine groups is 1. The highest BCUT2D eigenvalue weighted by Gasteiger charge is 2.20. The van der Waals surface area contributed by atoms with Crippen LogP contribution in [0.2, 0.25) is 0 Å². The molecule has 1 aliphatic rings. The van der Waals surface area contributed by atoms with Gasteiger partial charge in [0, 0.05) is 31.6 Å². The lowest BCUT2D eigenvalue weighted by Gasteiger charge is -2.26. The summed E-state index contributed by atoms with van der Waals surface area (Å²) in [5.41, 5.74) is 2.64. The van der Waals surface area contributed by atoms with Crippen LogP contribution in [0.3, 0.4) is 0 Å². The van der Waals surface area contributed by atoms with Gasteiger partial charge in [-0.2, -0.15) is 0 Å². The molecule has 0 atom stereocenters. The van der Waals surface area contributed by atoms with E-state index in [4.69, 9.17) is 9.73 Å². The first-order chi connectivity index (χ1) is 12.5. The van der Waals surface area contributed by atoms with E-state index < -0.39 is 0 Å². The summed E-state index contributed by atoms with van der Waals surface area (Å²) in [6.07, 6.45) is 1.12. The highest BCUT2D eigenvalue weighted by molar-refractivity contribution is 5.79. The molecule has 0 bridgehead atoms. The average Bonchev–Trinajstić information content (AvgIpc) is 2.64. The van der Waals surface area contributed by atoms with Gasteiger partial charge in [0.1, 0.15) is 0 Å². The van der Waals surface area contributed by atoms with Gasteiger partial charge in [-0.3, -0.25) is 9.89 Å². The van der Waals surface area contributed by atoms with Crippen molar-refractivity contribution in [2.24, 2.45) is 4.99 Å². The van der Waals surface area contributed by atoms with Crippen molar-refractivity contribution in [1.82, 2.24) is 15.5 Å². The van der Waals surface area contributed by atoms with E-state index in [1.807, 2.05) is 0 Å². The van der Waals surface area contributed by atoms with E-state index in [0.29, 0.717) is 0 Å². The number of morpholine rings is 1. The molecule has 2 rings (SSSR count). The second-order valence-electron chi connectivity index (χ2n) is 7.68. The van der Waals surface area contributed by atoms with Crippen molar-refractivity contribution >= 4 is 5.96 Å². The van der Waals surface area contributed by atoms with Crippen LogP contribution in [-0.2, 0) is 10.2 Å². The third kappa shape index (κ3) is 6.96. The van der Waals surface area contributed by atoms with E-state index in [2.05, 4.69) is 67.5 Å². The van der Waals surface area contributed by atoms with Crippen LogP contribution in [0.25, 0.3) is 0 Å². The minimum atomic E-state index is 0.0177. The Morgan fingerprint density at radius 1 is 1.15 bits per heavy atom. The highest BCUT2D eigenvalue weighted by atomic mass is 16.5. The molecule has 1 aromatic carbocycles. The molecule has 26 heavy (non-hydrogen) atoms. The van der Waals surface area contributed by atoms with Crippen molar-refractivity contribution in [2.75, 3.05) is 52.5 Å². The zero-order valence-electron chi connectivity index (χ0n) is 17.0. The van der Waals surface area contributed by atoms with Crippen LogP contribution in [0.1, 0.15) is 38.3 Å². The summed E-state index contributed by atoms with van der Waals surface area (Å²) in [7, 11) is 0. The molecule has 146 valence electrons. The predicted octanol–water partition coefficient (Wildman–Crippen LogP) is 2.55. The summed E-state index contributed by atoms with van der Waals surface area (Å²) >= 11 is 0. The number of hydrogen-bond acceptors (Lipinski definition) is 3. The summed E-state index contributed by atoms with van der Waals surface area (Å²) in [6, 6.07) is 8.78. The largest absolute Gasteiger partial charge is 0.379 e. The minimum absolute atomic E-state index is 0.0177. The lowest BCUT2D eigenvalue weighted by molar-refractivity contribution is 0.0376. The van der Waals surface area contributed by atoms with Crippen LogP contribution in [0, 0.1) is 6.92 Å². The topological polar surface area (TPSA) is 48.9 Å². The van der Waals surface area contributed by atoms with Crippen LogP contribution in [0.4, 0.5) is 0 Å². The van der Waals surface area contributed by atoms with Crippen LogP contribution in [0.5, 0.6) is 0 Å². The fourth-order valence-electron chi connectivity index (χ4n) is 3.05. The molecule has 2 N–H and O–H groups in total. The van der Waals surface area contributed by atoms with Gasteiger partial charge in [-0.05, 0) is 32.4 Å². The van der Waals surface area contributed by atoms with E-state index in [1.165, 1.54) is 11.1 Å². The molecule has 0 amide bonds. The van der Waals surface area contributed by atoms with Crippen molar-refractivity contribution < 1.29 is 4.74 Å². The van der Waals surface area contributed by atoms with Crippen LogP contribution in [-0.4, -0.2) is 63.3 Å². The Morgan fingerprint density at radius 2 is 1.85 bits per heavy atom. The van der Waals surface area contributed by atoms with Gasteiger partial charge in [0.15, 0.2) is 5.96 Å². The van der Waals surface area contributed by atoms with Gasteiger partial charge in [-0.1, -0.05) is 43.7 Å². The minimum Gasteiger partial charge on any atom is -0.379 e. The third-order valence-electron chi connectivity index (χ3n) is 4.86. The molecule has 0 aromatic heterocycles. The molecule has 0 unspecified atom stereocenters. The normalized spacial score (nSPS) is 16.5. The van der Waals surface area contributed by atoms with Gasteiger partial charge in [0.25, 0.3) is 0 Å². The summed E-state index contributed by atoms with van der Waals surface area (Å²) in [4.78, 5) is 7.30. The van der Waals surface area contributed by atoms with Crippen molar-refractivity contribution in [1.29, 1.82) is 0 Å². The zero-order valence-corrected chi connectivity index (χ0v) is 17.0. The molecule has 1 fully saturated rings. The van der Waals surface area contributed by atoms with E-state index in [1.54, 1.807) is 0 Å². The first-order valence-corrected chi connectivity index (χ1v) is 9.91. The molecule has 5 nitrogen and oxygen atoms in total. The first kappa shape index (κ1) is 20.7. The molecule has 5 heteroatoms. The Morgan fingerprint density at radius 3 is 2.50 bits per heavy atom. The molecule has 0 spiro atoms. The summed E-state index contributed by atoms with van der Waals surface area (Å²) in [5.74, 6) is 0.912. The van der Waals surface area contributed by atoms with Gasteiger partial charge in [0.05, 0.1) is 19.8 Å². The van der Waals surface area contributed by atoms with Crippen LogP contribution in [0.15, 0.2) is 29.3 Å². The number of rotatable bonds is 8. The molecule has 1 aliphatic heterocycles. The Balaban J connectivity index is 1.81. The quantitative estimate of drug-likeness (QED) is 0.425. The Bertz CT molecular complexity index is 548. The van der Waals surface area contributed by atoms with Gasteiger partial charge in [-0.15, -0.1) is 0 Å². The highest BCUT2D eigenvalue weighted by Crippen LogP contribution is 2.23. The predicted molar refractivity (Wildman–Crippen MR) is 110 cm³/mol. The number of benzene rings is 1. The summed E-state index contributed by atoms with van der Waals surface area (Å²) in [5, 5.41) is 6.83. The van der Waals surface area contributed by atoms with Gasteiger partial charge < -0.3 is 15.4 Å². The Hall–Kier alpha value is -1.59. The molecule has 0 aliphatic carbocycles. The van der Waals surface area contributed by atoms with E-state index in [0.717, 1.165) is 64.9 Å². The number of aryl methyl sites for hydroxylation is 1. The number of hydrogen-bond donors (Lipinski definition) is 2. The fraction of sp³-hybridized carbons (Fsp3) is 0.667. The molecular formula is C21H36N4O. The van der Waals surface area contributed by atoms with Crippen LogP contribution >= 0.6 is 0 Å². The summed E-state index contributed by atoms with van der Waals surface area (Å²) < 4.78 is 5.40. The second kappa shape index (κ2) is 10.5. The van der Waals surface area contributed by atoms with Crippen molar-refractivity contribution in [3.63, 3.8) is 0 Å². The third-order valence-corrected chi connectivity index (χ3v) is 4.86. The van der Waals surface area contributed by atoms with E-state index in [-0.39, 0.29) is 5.41 Å². The maximum atomic E-state index is 5.40. The fourth-order valence-corrected chi connectivity index (χ4v) is 3.05. The second-order valence-corrected chi connectivity index (χ2v) is 7.68. The number of nitrogens with zero attached hydrogens (tertiary/aromatic N) is 2. The van der Waals surface area contributed by atoms with Crippen molar-refractivity contribution in [3.8, 4) is 0 Å². The van der Waals surface area contributed by atoms with Crippen molar-refractivity contribution in [3.05, 3.63) is 35.4 Å². The van der Waals surface area contributed by atoms with Gasteiger partial charge in [-0.25, -0.2) is 0 Å². The van der Waals surface area contributed by atoms with Gasteiger partial charge >= 0.3 is 0 Å². The zero-order chi connectivity index (χ0) is 18.8. The molecular weight excluding hydrogens is 324 g/mol. The maximum Gasteiger partial charge on any atom is 0.191 e. The SMILES string of the molecule is CCNC(=NCC(C)(C)c1ccc(C)cc1)NCCCN1CCOCC1. The van der Waals surface area contributed by atoms with Crippen LogP contribution < -0.4 is 10.6 Å². The molecule has 1 heterocycles. The van der Waals surface area contributed by atoms with E-state index >= 15 is 0 Å². The average molecular weight is 361 g/mol. The van der Waals surface area contributed by atoms with E-state index in [9.17, 15) is 0 Å².